The van der Waals surface area contributed by atoms with E-state index < -0.39 is 11.6 Å². The van der Waals surface area contributed by atoms with E-state index >= 15 is 0 Å². The molecule has 0 heterocycles. The molecule has 0 atom stereocenters. The van der Waals surface area contributed by atoms with Crippen LogP contribution < -0.4 is 4.90 Å². The molecule has 0 fully saturated rings. The summed E-state index contributed by atoms with van der Waals surface area (Å²) < 4.78 is 27.0. The predicted octanol–water partition coefficient (Wildman–Crippen LogP) is 5.19. The fourth-order valence-corrected chi connectivity index (χ4v) is 2.47. The average Bonchev–Trinajstić information content (AvgIpc) is 2.61. The van der Waals surface area contributed by atoms with Crippen LogP contribution in [0.15, 0.2) is 73.3 Å². The van der Waals surface area contributed by atoms with Gasteiger partial charge in [-0.2, -0.15) is 0 Å². The van der Waals surface area contributed by atoms with E-state index in [9.17, 15) is 19.0 Å². The van der Waals surface area contributed by atoms with Gasteiger partial charge in [-0.15, -0.1) is 0 Å². The highest BCUT2D eigenvalue weighted by atomic mass is 19.1. The number of halogens is 2. The number of benzene rings is 3. The zero-order valence-corrected chi connectivity index (χ0v) is 13.2. The molecule has 0 aliphatic carbocycles. The van der Waals surface area contributed by atoms with Crippen LogP contribution in [0.3, 0.4) is 0 Å². The van der Waals surface area contributed by atoms with Crippen molar-refractivity contribution in [1.29, 1.82) is 0 Å². The van der Waals surface area contributed by atoms with Crippen molar-refractivity contribution in [2.24, 2.45) is 0 Å². The van der Waals surface area contributed by atoms with Crippen LogP contribution in [-0.4, -0.2) is 10.2 Å². The minimum absolute atomic E-state index is 0.101. The number of rotatable bonds is 4. The Kier molecular flexibility index (Phi) is 4.39. The second-order valence-corrected chi connectivity index (χ2v) is 5.44. The summed E-state index contributed by atoms with van der Waals surface area (Å²) in [5.74, 6) is -1.49. The van der Waals surface area contributed by atoms with Gasteiger partial charge in [-0.3, -0.25) is 0 Å². The lowest BCUT2D eigenvalue weighted by atomic mass is 10.1. The zero-order chi connectivity index (χ0) is 18.0. The number of phenols is 2. The number of phenolic OH excluding ortho intramolecular Hbond substituents is 2. The fraction of sp³-hybridized carbons (Fsp3) is 0. The van der Waals surface area contributed by atoms with Gasteiger partial charge in [0.25, 0.3) is 0 Å². The molecule has 5 heteroatoms. The predicted molar refractivity (Wildman–Crippen MR) is 93.7 cm³/mol. The second kappa shape index (κ2) is 6.65. The first-order valence-electron chi connectivity index (χ1n) is 7.48. The van der Waals surface area contributed by atoms with Gasteiger partial charge in [0.15, 0.2) is 11.6 Å². The molecule has 0 amide bonds. The Morgan fingerprint density at radius 3 is 1.92 bits per heavy atom. The molecule has 126 valence electrons. The van der Waals surface area contributed by atoms with Crippen molar-refractivity contribution in [2.45, 2.75) is 0 Å². The SMILES string of the molecule is C=C(c1ccc(O)c(F)c1)N(c1ccc(O)cc1)c1ccc(F)cc1. The van der Waals surface area contributed by atoms with Crippen molar-refractivity contribution in [2.75, 3.05) is 4.90 Å². The highest BCUT2D eigenvalue weighted by Crippen LogP contribution is 2.35. The first kappa shape index (κ1) is 16.5. The normalized spacial score (nSPS) is 10.5. The molecule has 0 aromatic heterocycles. The number of nitrogens with zero attached hydrogens (tertiary/aromatic N) is 1. The van der Waals surface area contributed by atoms with E-state index in [0.717, 1.165) is 0 Å². The molecule has 3 aromatic carbocycles. The van der Waals surface area contributed by atoms with Gasteiger partial charge in [0.1, 0.15) is 11.6 Å². The van der Waals surface area contributed by atoms with Crippen molar-refractivity contribution in [3.63, 3.8) is 0 Å². The van der Waals surface area contributed by atoms with Crippen LogP contribution in [0.2, 0.25) is 0 Å². The number of hydrogen-bond donors (Lipinski definition) is 2. The first-order valence-corrected chi connectivity index (χ1v) is 7.48. The minimum Gasteiger partial charge on any atom is -0.508 e. The van der Waals surface area contributed by atoms with Gasteiger partial charge >= 0.3 is 0 Å². The summed E-state index contributed by atoms with van der Waals surface area (Å²) in [6.45, 7) is 4.02. The fourth-order valence-electron chi connectivity index (χ4n) is 2.47. The van der Waals surface area contributed by atoms with Crippen LogP contribution in [0, 0.1) is 11.6 Å². The van der Waals surface area contributed by atoms with E-state index in [1.807, 2.05) is 0 Å². The Hall–Kier alpha value is -3.34. The van der Waals surface area contributed by atoms with Crippen LogP contribution in [0.4, 0.5) is 20.2 Å². The summed E-state index contributed by atoms with van der Waals surface area (Å²) in [5, 5.41) is 18.9. The molecule has 0 aliphatic heterocycles. The maximum atomic E-state index is 13.7. The van der Waals surface area contributed by atoms with Crippen molar-refractivity contribution in [1.82, 2.24) is 0 Å². The molecular weight excluding hydrogens is 324 g/mol. The average molecular weight is 339 g/mol. The summed E-state index contributed by atoms with van der Waals surface area (Å²) >= 11 is 0. The molecule has 0 radical (unpaired) electrons. The molecule has 0 saturated heterocycles. The van der Waals surface area contributed by atoms with E-state index in [4.69, 9.17) is 0 Å². The molecule has 3 nitrogen and oxygen atoms in total. The van der Waals surface area contributed by atoms with Gasteiger partial charge in [0.2, 0.25) is 0 Å². The molecule has 0 aliphatic rings. The van der Waals surface area contributed by atoms with Crippen LogP contribution in [-0.2, 0) is 0 Å². The molecule has 3 aromatic rings. The Morgan fingerprint density at radius 2 is 1.36 bits per heavy atom. The van der Waals surface area contributed by atoms with Crippen molar-refractivity contribution in [3.8, 4) is 11.5 Å². The van der Waals surface area contributed by atoms with E-state index in [1.165, 1.54) is 42.5 Å². The maximum absolute atomic E-state index is 13.7. The van der Waals surface area contributed by atoms with Crippen molar-refractivity contribution < 1.29 is 19.0 Å². The Labute approximate surface area is 143 Å². The largest absolute Gasteiger partial charge is 0.508 e. The lowest BCUT2D eigenvalue weighted by molar-refractivity contribution is 0.432. The van der Waals surface area contributed by atoms with E-state index in [0.29, 0.717) is 22.6 Å². The van der Waals surface area contributed by atoms with Gasteiger partial charge < -0.3 is 15.1 Å². The highest BCUT2D eigenvalue weighted by Gasteiger charge is 2.16. The van der Waals surface area contributed by atoms with E-state index in [1.54, 1.807) is 29.2 Å². The molecule has 0 spiro atoms. The Morgan fingerprint density at radius 1 is 0.800 bits per heavy atom. The van der Waals surface area contributed by atoms with Gasteiger partial charge in [-0.1, -0.05) is 6.58 Å². The molecule has 0 saturated carbocycles. The maximum Gasteiger partial charge on any atom is 0.165 e. The summed E-state index contributed by atoms with van der Waals surface area (Å²) in [6.07, 6.45) is 0. The zero-order valence-electron chi connectivity index (χ0n) is 13.2. The van der Waals surface area contributed by atoms with Crippen LogP contribution >= 0.6 is 0 Å². The summed E-state index contributed by atoms with van der Waals surface area (Å²) in [7, 11) is 0. The van der Waals surface area contributed by atoms with Gasteiger partial charge in [-0.05, 0) is 66.7 Å². The highest BCUT2D eigenvalue weighted by molar-refractivity contribution is 5.87. The van der Waals surface area contributed by atoms with Crippen LogP contribution in [0.1, 0.15) is 5.56 Å². The summed E-state index contributed by atoms with van der Waals surface area (Å²) in [6, 6.07) is 16.1. The third-order valence-corrected chi connectivity index (χ3v) is 3.74. The molecule has 0 bridgehead atoms. The van der Waals surface area contributed by atoms with Crippen LogP contribution in [0.25, 0.3) is 5.70 Å². The number of hydrogen-bond acceptors (Lipinski definition) is 3. The topological polar surface area (TPSA) is 43.7 Å². The smallest absolute Gasteiger partial charge is 0.165 e. The van der Waals surface area contributed by atoms with Crippen molar-refractivity contribution in [3.05, 3.63) is 90.5 Å². The molecule has 2 N–H and O–H groups in total. The van der Waals surface area contributed by atoms with Gasteiger partial charge in [0, 0.05) is 22.6 Å². The molecule has 25 heavy (non-hydrogen) atoms. The molecule has 3 rings (SSSR count). The lowest BCUT2D eigenvalue weighted by Crippen LogP contribution is -2.14. The van der Waals surface area contributed by atoms with Gasteiger partial charge in [0.05, 0.1) is 0 Å². The Bertz CT molecular complexity index is 860. The molecule has 0 unspecified atom stereocenters. The summed E-state index contributed by atoms with van der Waals surface area (Å²) in [4.78, 5) is 1.70. The number of aromatic hydroxyl groups is 2. The van der Waals surface area contributed by atoms with Crippen molar-refractivity contribution >= 4 is 17.1 Å². The standard InChI is InChI=1S/C20H15F2NO2/c1-13(14-2-11-20(25)19(22)12-14)23(16-5-3-15(21)4-6-16)17-7-9-18(24)10-8-17/h2-12,24-25H,1H2. The lowest BCUT2D eigenvalue weighted by Gasteiger charge is -2.27. The quantitative estimate of drug-likeness (QED) is 0.688. The molecular formula is C20H15F2NO2. The first-order chi connectivity index (χ1) is 12.0. The minimum atomic E-state index is -0.761. The monoisotopic (exact) mass is 339 g/mol. The second-order valence-electron chi connectivity index (χ2n) is 5.44. The van der Waals surface area contributed by atoms with Gasteiger partial charge in [-0.25, -0.2) is 8.78 Å². The number of anilines is 2. The van der Waals surface area contributed by atoms with E-state index in [-0.39, 0.29) is 11.6 Å². The van der Waals surface area contributed by atoms with Crippen LogP contribution in [0.5, 0.6) is 11.5 Å². The van der Waals surface area contributed by atoms with E-state index in [2.05, 4.69) is 6.58 Å². The Balaban J connectivity index is 2.09. The third-order valence-electron chi connectivity index (χ3n) is 3.74. The summed E-state index contributed by atoms with van der Waals surface area (Å²) in [5.41, 5.74) is 2.15. The third kappa shape index (κ3) is 3.45.